The lowest BCUT2D eigenvalue weighted by Crippen LogP contribution is -2.40. The molecule has 0 amide bonds. The molecule has 6 atom stereocenters. The third-order valence-corrected chi connectivity index (χ3v) is 14.0. The van der Waals surface area contributed by atoms with E-state index in [0.29, 0.717) is 0 Å². The first-order valence-electron chi connectivity index (χ1n) is 18.3. The van der Waals surface area contributed by atoms with Gasteiger partial charge in [-0.15, -0.1) is 23.5 Å². The number of aliphatic hydroxyl groups excluding tert-OH is 2. The summed E-state index contributed by atoms with van der Waals surface area (Å²) in [5, 5.41) is 23.1. The van der Waals surface area contributed by atoms with Crippen LogP contribution < -0.4 is 0 Å². The largest absolute Gasteiger partial charge is 0.392 e. The second-order valence-electron chi connectivity index (χ2n) is 14.0. The summed E-state index contributed by atoms with van der Waals surface area (Å²) in [6, 6.07) is 38.4. The predicted molar refractivity (Wildman–Crippen MR) is 207 cm³/mol. The highest BCUT2D eigenvalue weighted by molar-refractivity contribution is 7.99. The second-order valence-corrected chi connectivity index (χ2v) is 16.0. The van der Waals surface area contributed by atoms with Gasteiger partial charge in [-0.25, -0.2) is 0 Å². The molecule has 0 spiro atoms. The van der Waals surface area contributed by atoms with Gasteiger partial charge in [-0.3, -0.25) is 0 Å². The number of unbranched alkanes of at least 4 members (excludes halogenated alkanes) is 2. The summed E-state index contributed by atoms with van der Waals surface area (Å²) in [5.74, 6) is 2.14. The van der Waals surface area contributed by atoms with E-state index in [4.69, 9.17) is 0 Å². The minimum Gasteiger partial charge on any atom is -0.392 e. The molecule has 48 heavy (non-hydrogen) atoms. The summed E-state index contributed by atoms with van der Waals surface area (Å²) < 4.78 is 0. The first-order valence-corrected chi connectivity index (χ1v) is 20.3. The zero-order chi connectivity index (χ0) is 34.0. The average molecular weight is 681 g/mol. The molecule has 2 nitrogen and oxygen atoms in total. The van der Waals surface area contributed by atoms with Crippen LogP contribution in [0.1, 0.15) is 113 Å². The number of hydrogen-bond donors (Lipinski definition) is 2. The van der Waals surface area contributed by atoms with Crippen molar-refractivity contribution in [3.05, 3.63) is 131 Å². The van der Waals surface area contributed by atoms with Gasteiger partial charge < -0.3 is 10.2 Å². The minimum absolute atomic E-state index is 0.0137. The number of thioether (sulfide) groups is 2. The number of aliphatic hydroxyl groups is 2. The average Bonchev–Trinajstić information content (AvgIpc) is 3.35. The Labute approximate surface area is 299 Å². The molecule has 0 saturated carbocycles. The highest BCUT2D eigenvalue weighted by Gasteiger charge is 2.45. The van der Waals surface area contributed by atoms with Gasteiger partial charge in [0.15, 0.2) is 0 Å². The molecule has 2 N–H and O–H groups in total. The fourth-order valence-corrected chi connectivity index (χ4v) is 10.9. The molecule has 2 aliphatic rings. The van der Waals surface area contributed by atoms with Crippen molar-refractivity contribution in [2.24, 2.45) is 10.8 Å². The van der Waals surface area contributed by atoms with E-state index < -0.39 is 0 Å². The lowest BCUT2D eigenvalue weighted by atomic mass is 9.69. The van der Waals surface area contributed by atoms with Gasteiger partial charge in [-0.05, 0) is 60.1 Å². The summed E-state index contributed by atoms with van der Waals surface area (Å²) in [4.78, 5) is 2.66. The monoisotopic (exact) mass is 680 g/mol. The summed E-state index contributed by atoms with van der Waals surface area (Å²) in [6.45, 7) is 8.97. The SMILES string of the molecule is CCCC[C@]1(CC)CSc2ccccc2C(c2ccccc2)[C@H]1O.CCCC[C@]1(CC)CSc2ccccc2[C@H](c2ccccc2)[C@@H]1O. The molecule has 0 fully saturated rings. The standard InChI is InChI=1S/2C22H28OS/c2*1-3-5-15-22(4-2)16-24-19-14-10-9-13-18(19)20(21(22)23)17-11-7-6-8-12-17/h2*6-14,20-21,23H,3-5,15-16H2,1-2H3/t20?,21-,22-;20-,21-,22+/m10/s1. The molecule has 0 radical (unpaired) electrons. The van der Waals surface area contributed by atoms with Crippen molar-refractivity contribution >= 4 is 23.5 Å². The lowest BCUT2D eigenvalue weighted by Gasteiger charge is -2.39. The Kier molecular flexibility index (Phi) is 13.4. The van der Waals surface area contributed by atoms with Gasteiger partial charge in [-0.1, -0.05) is 150 Å². The van der Waals surface area contributed by atoms with E-state index in [-0.39, 0.29) is 34.9 Å². The van der Waals surface area contributed by atoms with Gasteiger partial charge in [-0.2, -0.15) is 0 Å². The molecular formula is C44H56O2S2. The maximum atomic E-state index is 11.6. The van der Waals surface area contributed by atoms with E-state index in [1.165, 1.54) is 57.7 Å². The van der Waals surface area contributed by atoms with Gasteiger partial charge in [0.05, 0.1) is 12.2 Å². The first kappa shape index (κ1) is 36.8. The van der Waals surface area contributed by atoms with Crippen LogP contribution in [0.25, 0.3) is 0 Å². The fraction of sp³-hybridized carbons (Fsp3) is 0.455. The molecule has 0 bridgehead atoms. The molecule has 2 aliphatic heterocycles. The normalized spacial score (nSPS) is 26.6. The van der Waals surface area contributed by atoms with Crippen molar-refractivity contribution in [1.82, 2.24) is 0 Å². The van der Waals surface area contributed by atoms with Crippen molar-refractivity contribution in [3.63, 3.8) is 0 Å². The lowest BCUT2D eigenvalue weighted by molar-refractivity contribution is 0.0182. The van der Waals surface area contributed by atoms with E-state index in [1.807, 2.05) is 23.5 Å². The Morgan fingerprint density at radius 3 is 1.23 bits per heavy atom. The van der Waals surface area contributed by atoms with E-state index in [0.717, 1.165) is 37.2 Å². The van der Waals surface area contributed by atoms with Crippen molar-refractivity contribution < 1.29 is 10.2 Å². The third-order valence-electron chi connectivity index (χ3n) is 11.2. The minimum atomic E-state index is -0.340. The van der Waals surface area contributed by atoms with Crippen LogP contribution in [0.2, 0.25) is 0 Å². The second kappa shape index (κ2) is 17.4. The maximum absolute atomic E-state index is 11.6. The molecule has 6 rings (SSSR count). The van der Waals surface area contributed by atoms with Gasteiger partial charge in [0.1, 0.15) is 0 Å². The Morgan fingerprint density at radius 1 is 0.521 bits per heavy atom. The molecule has 256 valence electrons. The van der Waals surface area contributed by atoms with Crippen molar-refractivity contribution in [1.29, 1.82) is 0 Å². The Balaban J connectivity index is 0.000000188. The Hall–Kier alpha value is -2.50. The van der Waals surface area contributed by atoms with Gasteiger partial charge in [0, 0.05) is 44.0 Å². The van der Waals surface area contributed by atoms with Crippen molar-refractivity contribution in [3.8, 4) is 0 Å². The summed E-state index contributed by atoms with van der Waals surface area (Å²) in [5.41, 5.74) is 5.00. The molecule has 4 heteroatoms. The van der Waals surface area contributed by atoms with Gasteiger partial charge in [0.2, 0.25) is 0 Å². The van der Waals surface area contributed by atoms with Crippen LogP contribution >= 0.6 is 23.5 Å². The van der Waals surface area contributed by atoms with E-state index >= 15 is 0 Å². The molecule has 0 saturated heterocycles. The van der Waals surface area contributed by atoms with Crippen LogP contribution in [0, 0.1) is 10.8 Å². The topological polar surface area (TPSA) is 40.5 Å². The van der Waals surface area contributed by atoms with E-state index in [9.17, 15) is 10.2 Å². The summed E-state index contributed by atoms with van der Waals surface area (Å²) >= 11 is 3.87. The van der Waals surface area contributed by atoms with E-state index in [1.54, 1.807) is 0 Å². The zero-order valence-electron chi connectivity index (χ0n) is 29.5. The van der Waals surface area contributed by atoms with Gasteiger partial charge in [0.25, 0.3) is 0 Å². The smallest absolute Gasteiger partial charge is 0.0713 e. The van der Waals surface area contributed by atoms with Crippen molar-refractivity contribution in [2.45, 2.75) is 113 Å². The van der Waals surface area contributed by atoms with Gasteiger partial charge >= 0.3 is 0 Å². The number of benzene rings is 4. The number of fused-ring (bicyclic) bond motifs is 2. The third kappa shape index (κ3) is 7.94. The van der Waals surface area contributed by atoms with Crippen LogP contribution in [-0.4, -0.2) is 33.9 Å². The molecule has 4 aromatic rings. The van der Waals surface area contributed by atoms with Crippen molar-refractivity contribution in [2.75, 3.05) is 11.5 Å². The molecule has 2 heterocycles. The first-order chi connectivity index (χ1) is 23.4. The van der Waals surface area contributed by atoms with E-state index in [2.05, 4.69) is 137 Å². The molecule has 0 aromatic heterocycles. The molecule has 0 aliphatic carbocycles. The summed E-state index contributed by atoms with van der Waals surface area (Å²) in [7, 11) is 0. The zero-order valence-corrected chi connectivity index (χ0v) is 31.1. The Morgan fingerprint density at radius 2 is 0.875 bits per heavy atom. The highest BCUT2D eigenvalue weighted by Crippen LogP contribution is 2.52. The maximum Gasteiger partial charge on any atom is 0.0713 e. The highest BCUT2D eigenvalue weighted by atomic mass is 32.2. The summed E-state index contributed by atoms with van der Waals surface area (Å²) in [6.07, 6.45) is 8.31. The fourth-order valence-electron chi connectivity index (χ4n) is 7.92. The molecule has 4 aromatic carbocycles. The number of rotatable bonds is 10. The molecular weight excluding hydrogens is 625 g/mol. The van der Waals surface area contributed by atoms with Crippen LogP contribution in [0.4, 0.5) is 0 Å². The number of hydrogen-bond acceptors (Lipinski definition) is 4. The Bertz CT molecular complexity index is 1430. The molecule has 1 unspecified atom stereocenters. The van der Waals surface area contributed by atoms with Crippen LogP contribution in [0.3, 0.4) is 0 Å². The van der Waals surface area contributed by atoms with Crippen LogP contribution in [0.5, 0.6) is 0 Å². The van der Waals surface area contributed by atoms with Crippen LogP contribution in [0.15, 0.2) is 119 Å². The quantitative estimate of drug-likeness (QED) is 0.175. The predicted octanol–water partition coefficient (Wildman–Crippen LogP) is 11.7. The van der Waals surface area contributed by atoms with Crippen LogP contribution in [-0.2, 0) is 0 Å².